The number of hydrogen-bond donors (Lipinski definition) is 1. The Morgan fingerprint density at radius 3 is 2.08 bits per heavy atom. The fraction of sp³-hybridized carbons (Fsp3) is 0.556. The van der Waals surface area contributed by atoms with Crippen LogP contribution in [0.3, 0.4) is 0 Å². The highest BCUT2D eigenvalue weighted by Gasteiger charge is 2.25. The minimum absolute atomic E-state index is 0.0382. The number of methoxy groups -OCH3 is 3. The predicted octanol–water partition coefficient (Wildman–Crippen LogP) is 0.224. The van der Waals surface area contributed by atoms with Crippen LogP contribution < -0.4 is 14.8 Å². The Morgan fingerprint density at radius 2 is 1.54 bits per heavy atom. The molecule has 1 N–H and O–H groups in total. The summed E-state index contributed by atoms with van der Waals surface area (Å²) in [7, 11) is 4.72. The van der Waals surface area contributed by atoms with Gasteiger partial charge in [0.1, 0.15) is 11.5 Å². The molecule has 0 bridgehead atoms. The molecular formula is C18H27N3O5. The Morgan fingerprint density at radius 1 is 0.962 bits per heavy atom. The van der Waals surface area contributed by atoms with Gasteiger partial charge in [0.15, 0.2) is 0 Å². The molecule has 144 valence electrons. The summed E-state index contributed by atoms with van der Waals surface area (Å²) < 4.78 is 15.4. The third kappa shape index (κ3) is 5.34. The number of carbonyl (C=O) groups is 2. The van der Waals surface area contributed by atoms with Crippen molar-refractivity contribution in [2.24, 2.45) is 0 Å². The molecule has 0 spiro atoms. The number of nitrogens with one attached hydrogen (secondary N) is 1. The lowest BCUT2D eigenvalue weighted by Crippen LogP contribution is -2.52. The van der Waals surface area contributed by atoms with Crippen LogP contribution in [0.2, 0.25) is 0 Å². The largest absolute Gasteiger partial charge is 0.497 e. The molecule has 8 nitrogen and oxygen atoms in total. The maximum atomic E-state index is 12.7. The van der Waals surface area contributed by atoms with Crippen LogP contribution in [0.25, 0.3) is 0 Å². The molecule has 2 amide bonds. The molecule has 0 unspecified atom stereocenters. The van der Waals surface area contributed by atoms with Gasteiger partial charge in [-0.15, -0.1) is 0 Å². The van der Waals surface area contributed by atoms with Crippen LogP contribution in [0, 0.1) is 0 Å². The predicted molar refractivity (Wildman–Crippen MR) is 96.8 cm³/mol. The normalized spacial score (nSPS) is 14.3. The first kappa shape index (κ1) is 20.0. The zero-order valence-electron chi connectivity index (χ0n) is 15.6. The highest BCUT2D eigenvalue weighted by molar-refractivity contribution is 5.95. The number of amides is 2. The van der Waals surface area contributed by atoms with Gasteiger partial charge in [-0.1, -0.05) is 0 Å². The van der Waals surface area contributed by atoms with Gasteiger partial charge in [-0.3, -0.25) is 9.59 Å². The Kier molecular flexibility index (Phi) is 7.68. The fourth-order valence-electron chi connectivity index (χ4n) is 2.75. The lowest BCUT2D eigenvalue weighted by atomic mass is 10.1. The molecule has 1 saturated heterocycles. The van der Waals surface area contributed by atoms with Crippen molar-refractivity contribution < 1.29 is 23.8 Å². The molecule has 1 fully saturated rings. The summed E-state index contributed by atoms with van der Waals surface area (Å²) in [5, 5.41) is 3.04. The summed E-state index contributed by atoms with van der Waals surface area (Å²) in [6.07, 6.45) is 0. The molecule has 1 aliphatic heterocycles. The van der Waals surface area contributed by atoms with E-state index < -0.39 is 0 Å². The van der Waals surface area contributed by atoms with E-state index in [2.05, 4.69) is 5.32 Å². The average molecular weight is 365 g/mol. The van der Waals surface area contributed by atoms with Crippen molar-refractivity contribution in [3.63, 3.8) is 0 Å². The van der Waals surface area contributed by atoms with Crippen molar-refractivity contribution in [1.29, 1.82) is 0 Å². The maximum Gasteiger partial charge on any atom is 0.254 e. The minimum Gasteiger partial charge on any atom is -0.497 e. The highest BCUT2D eigenvalue weighted by Crippen LogP contribution is 2.23. The van der Waals surface area contributed by atoms with Crippen LogP contribution in [0.1, 0.15) is 10.4 Å². The summed E-state index contributed by atoms with van der Waals surface area (Å²) in [5.41, 5.74) is 0.516. The first-order valence-corrected chi connectivity index (χ1v) is 8.58. The van der Waals surface area contributed by atoms with Gasteiger partial charge in [0, 0.05) is 51.5 Å². The number of hydrogen-bond acceptors (Lipinski definition) is 6. The van der Waals surface area contributed by atoms with Gasteiger partial charge in [-0.2, -0.15) is 0 Å². The second-order valence-electron chi connectivity index (χ2n) is 5.94. The third-order valence-corrected chi connectivity index (χ3v) is 4.28. The second kappa shape index (κ2) is 9.98. The van der Waals surface area contributed by atoms with E-state index in [0.717, 1.165) is 0 Å². The topological polar surface area (TPSA) is 80.3 Å². The first-order valence-electron chi connectivity index (χ1n) is 8.58. The van der Waals surface area contributed by atoms with Gasteiger partial charge in [0.05, 0.1) is 27.4 Å². The molecular weight excluding hydrogens is 338 g/mol. The Hall–Kier alpha value is -2.32. The van der Waals surface area contributed by atoms with E-state index in [0.29, 0.717) is 56.4 Å². The van der Waals surface area contributed by atoms with Gasteiger partial charge >= 0.3 is 0 Å². The van der Waals surface area contributed by atoms with Crippen molar-refractivity contribution in [2.45, 2.75) is 0 Å². The quantitative estimate of drug-likeness (QED) is 0.664. The molecule has 1 aliphatic rings. The SMILES string of the molecule is COCCNCC(=O)N1CCN(C(=O)c2cc(OC)cc(OC)c2)CC1. The lowest BCUT2D eigenvalue weighted by Gasteiger charge is -2.35. The molecule has 0 aliphatic carbocycles. The Labute approximate surface area is 154 Å². The number of rotatable bonds is 8. The molecule has 0 saturated carbocycles. The minimum atomic E-state index is -0.0903. The van der Waals surface area contributed by atoms with Gasteiger partial charge in [-0.25, -0.2) is 0 Å². The molecule has 1 heterocycles. The van der Waals surface area contributed by atoms with E-state index in [1.165, 1.54) is 0 Å². The van der Waals surface area contributed by atoms with Crippen molar-refractivity contribution in [3.05, 3.63) is 23.8 Å². The van der Waals surface area contributed by atoms with Crippen LogP contribution in [-0.4, -0.2) is 88.8 Å². The average Bonchev–Trinajstić information content (AvgIpc) is 2.70. The van der Waals surface area contributed by atoms with Crippen LogP contribution in [0.15, 0.2) is 18.2 Å². The zero-order chi connectivity index (χ0) is 18.9. The van der Waals surface area contributed by atoms with Crippen molar-refractivity contribution in [3.8, 4) is 11.5 Å². The first-order chi connectivity index (χ1) is 12.6. The number of piperazine rings is 1. The molecule has 1 aromatic carbocycles. The van der Waals surface area contributed by atoms with Crippen molar-refractivity contribution >= 4 is 11.8 Å². The monoisotopic (exact) mass is 365 g/mol. The fourth-order valence-corrected chi connectivity index (χ4v) is 2.75. The van der Waals surface area contributed by atoms with E-state index >= 15 is 0 Å². The van der Waals surface area contributed by atoms with Crippen LogP contribution in [-0.2, 0) is 9.53 Å². The van der Waals surface area contributed by atoms with Gasteiger partial charge in [0.2, 0.25) is 5.91 Å². The molecule has 0 atom stereocenters. The number of nitrogens with zero attached hydrogens (tertiary/aromatic N) is 2. The molecule has 26 heavy (non-hydrogen) atoms. The van der Waals surface area contributed by atoms with Crippen molar-refractivity contribution in [2.75, 3.05) is 67.2 Å². The van der Waals surface area contributed by atoms with Gasteiger partial charge < -0.3 is 29.3 Å². The van der Waals surface area contributed by atoms with Gasteiger partial charge in [0.25, 0.3) is 5.91 Å². The van der Waals surface area contributed by atoms with Crippen LogP contribution in [0.5, 0.6) is 11.5 Å². The smallest absolute Gasteiger partial charge is 0.254 e. The van der Waals surface area contributed by atoms with E-state index in [-0.39, 0.29) is 18.4 Å². The van der Waals surface area contributed by atoms with Crippen LogP contribution >= 0.6 is 0 Å². The van der Waals surface area contributed by atoms with E-state index in [9.17, 15) is 9.59 Å². The summed E-state index contributed by atoms with van der Waals surface area (Å²) in [4.78, 5) is 28.4. The Balaban J connectivity index is 1.89. The molecule has 1 aromatic rings. The van der Waals surface area contributed by atoms with E-state index in [1.54, 1.807) is 49.3 Å². The molecule has 8 heteroatoms. The number of ether oxygens (including phenoxy) is 3. The highest BCUT2D eigenvalue weighted by atomic mass is 16.5. The molecule has 0 aromatic heterocycles. The van der Waals surface area contributed by atoms with E-state index in [1.807, 2.05) is 0 Å². The summed E-state index contributed by atoms with van der Waals surface area (Å²) in [5.74, 6) is 1.09. The van der Waals surface area contributed by atoms with Crippen molar-refractivity contribution in [1.82, 2.24) is 15.1 Å². The Bertz CT molecular complexity index is 593. The number of benzene rings is 1. The summed E-state index contributed by atoms with van der Waals surface area (Å²) >= 11 is 0. The second-order valence-corrected chi connectivity index (χ2v) is 5.94. The zero-order valence-corrected chi connectivity index (χ0v) is 15.6. The summed E-state index contributed by atoms with van der Waals surface area (Å²) in [6, 6.07) is 5.12. The van der Waals surface area contributed by atoms with Gasteiger partial charge in [-0.05, 0) is 12.1 Å². The van der Waals surface area contributed by atoms with E-state index in [4.69, 9.17) is 14.2 Å². The molecule has 0 radical (unpaired) electrons. The third-order valence-electron chi connectivity index (χ3n) is 4.28. The van der Waals surface area contributed by atoms with Crippen LogP contribution in [0.4, 0.5) is 0 Å². The maximum absolute atomic E-state index is 12.7. The molecule has 2 rings (SSSR count). The summed E-state index contributed by atoms with van der Waals surface area (Å²) in [6.45, 7) is 3.54. The lowest BCUT2D eigenvalue weighted by molar-refractivity contribution is -0.131. The number of carbonyl (C=O) groups excluding carboxylic acids is 2. The standard InChI is InChI=1S/C18H27N3O5/c1-24-9-4-19-13-17(22)20-5-7-21(8-6-20)18(23)14-10-15(25-2)12-16(11-14)26-3/h10-12,19H,4-9,13H2,1-3H3.